The van der Waals surface area contributed by atoms with Gasteiger partial charge >= 0.3 is 18.0 Å². The van der Waals surface area contributed by atoms with Crippen LogP contribution in [0.15, 0.2) is 60.8 Å². The minimum atomic E-state index is -4.06. The number of benzene rings is 2. The number of fused-ring (bicyclic) bond motifs is 3. The summed E-state index contributed by atoms with van der Waals surface area (Å²) in [4.78, 5) is 29.1. The standard InChI is InChI=1S/C30H24F4N6O4/c1-28(2,3)44-27(42)36-16-25(41)43-29(17-40-26(37-38-39-40)22-14-21(32)11-12-23(22)29)30(33,34)24-13-8-19(15-35-24)5-4-18-6-9-20(31)10-7-18/h6-15H,16-17H2,1-3H3,(H,36,42). The highest BCUT2D eigenvalue weighted by molar-refractivity contribution is 5.79. The van der Waals surface area contributed by atoms with Gasteiger partial charge in [-0.15, -0.1) is 5.10 Å². The molecule has 0 fully saturated rings. The first-order valence-corrected chi connectivity index (χ1v) is 13.1. The van der Waals surface area contributed by atoms with Crippen LogP contribution in [0.3, 0.4) is 0 Å². The van der Waals surface area contributed by atoms with Gasteiger partial charge < -0.3 is 14.8 Å². The first-order chi connectivity index (χ1) is 20.8. The van der Waals surface area contributed by atoms with Crippen molar-refractivity contribution in [2.45, 2.75) is 44.4 Å². The van der Waals surface area contributed by atoms with Crippen molar-refractivity contribution in [3.63, 3.8) is 0 Å². The molecule has 1 unspecified atom stereocenters. The molecule has 0 radical (unpaired) electrons. The van der Waals surface area contributed by atoms with Crippen molar-refractivity contribution in [3.05, 3.63) is 94.8 Å². The van der Waals surface area contributed by atoms with Gasteiger partial charge in [-0.05, 0) is 79.7 Å². The highest BCUT2D eigenvalue weighted by Crippen LogP contribution is 2.53. The van der Waals surface area contributed by atoms with Crippen LogP contribution in [-0.4, -0.2) is 49.4 Å². The van der Waals surface area contributed by atoms with Crippen LogP contribution >= 0.6 is 0 Å². The van der Waals surface area contributed by atoms with Gasteiger partial charge in [-0.1, -0.05) is 17.9 Å². The number of alkyl carbamates (subject to hydrolysis) is 1. The van der Waals surface area contributed by atoms with Gasteiger partial charge in [0.2, 0.25) is 5.60 Å². The zero-order valence-corrected chi connectivity index (χ0v) is 23.6. The fraction of sp³-hybridized carbons (Fsp3) is 0.267. The molecule has 226 valence electrons. The Labute approximate surface area is 248 Å². The molecule has 2 aromatic heterocycles. The van der Waals surface area contributed by atoms with Crippen molar-refractivity contribution in [1.29, 1.82) is 0 Å². The number of hydrogen-bond acceptors (Lipinski definition) is 8. The Morgan fingerprint density at radius 1 is 1.00 bits per heavy atom. The van der Waals surface area contributed by atoms with Gasteiger partial charge in [0.25, 0.3) is 0 Å². The van der Waals surface area contributed by atoms with Crippen LogP contribution in [0.25, 0.3) is 11.4 Å². The molecule has 2 aromatic carbocycles. The molecule has 0 saturated carbocycles. The number of rotatable bonds is 5. The molecule has 1 amide bonds. The summed E-state index contributed by atoms with van der Waals surface area (Å²) in [5.74, 6) is -0.972. The number of alkyl halides is 2. The van der Waals surface area contributed by atoms with E-state index in [1.807, 2.05) is 0 Å². The summed E-state index contributed by atoms with van der Waals surface area (Å²) < 4.78 is 72.7. The van der Waals surface area contributed by atoms with Gasteiger partial charge in [0.15, 0.2) is 5.82 Å². The Morgan fingerprint density at radius 2 is 1.68 bits per heavy atom. The Balaban J connectivity index is 1.52. The molecular formula is C30H24F4N6O4. The molecule has 0 aliphatic carbocycles. The van der Waals surface area contributed by atoms with Crippen LogP contribution < -0.4 is 5.32 Å². The van der Waals surface area contributed by atoms with Crippen molar-refractivity contribution < 1.29 is 36.6 Å². The number of nitrogens with zero attached hydrogens (tertiary/aromatic N) is 5. The van der Waals surface area contributed by atoms with E-state index in [0.29, 0.717) is 5.56 Å². The van der Waals surface area contributed by atoms with Crippen LogP contribution in [0.2, 0.25) is 0 Å². The number of carbonyl (C=O) groups is 2. The fourth-order valence-corrected chi connectivity index (χ4v) is 4.50. The summed E-state index contributed by atoms with van der Waals surface area (Å²) in [5.41, 5.74) is -4.16. The molecule has 1 aliphatic rings. The molecule has 0 bridgehead atoms. The molecule has 1 aliphatic heterocycles. The quantitative estimate of drug-likeness (QED) is 0.200. The number of amides is 1. The van der Waals surface area contributed by atoms with E-state index in [4.69, 9.17) is 9.47 Å². The third-order valence-corrected chi connectivity index (χ3v) is 6.41. The normalized spacial score (nSPS) is 15.7. The molecule has 1 N–H and O–H groups in total. The van der Waals surface area contributed by atoms with Crippen LogP contribution in [0.1, 0.15) is 43.2 Å². The van der Waals surface area contributed by atoms with E-state index in [2.05, 4.69) is 37.7 Å². The Kier molecular flexibility index (Phi) is 7.81. The molecule has 5 rings (SSSR count). The average molecular weight is 609 g/mol. The Hall–Kier alpha value is -5.32. The Bertz CT molecular complexity index is 1780. The number of halogens is 4. The number of hydrogen-bond donors (Lipinski definition) is 1. The number of tetrazole rings is 1. The Morgan fingerprint density at radius 3 is 2.36 bits per heavy atom. The topological polar surface area (TPSA) is 121 Å². The minimum absolute atomic E-state index is 0.0202. The summed E-state index contributed by atoms with van der Waals surface area (Å²) in [6.45, 7) is 3.23. The SMILES string of the molecule is CC(C)(C)OC(=O)NCC(=O)OC1(C(F)(F)c2ccc(C#Cc3ccc(F)cc3)cn2)Cn2nnnc2-c2cc(F)ccc21. The van der Waals surface area contributed by atoms with E-state index < -0.39 is 59.6 Å². The predicted octanol–water partition coefficient (Wildman–Crippen LogP) is 4.48. The number of carbonyl (C=O) groups excluding carboxylic acids is 2. The second-order valence-electron chi connectivity index (χ2n) is 10.8. The van der Waals surface area contributed by atoms with Gasteiger partial charge in [-0.3, -0.25) is 9.78 Å². The molecular weight excluding hydrogens is 584 g/mol. The number of nitrogens with one attached hydrogen (secondary N) is 1. The van der Waals surface area contributed by atoms with Gasteiger partial charge in [-0.25, -0.2) is 18.3 Å². The maximum absolute atomic E-state index is 16.8. The van der Waals surface area contributed by atoms with Gasteiger partial charge in [0.05, 0.1) is 6.54 Å². The summed E-state index contributed by atoms with van der Waals surface area (Å²) in [6.07, 6.45) is 0.138. The second-order valence-corrected chi connectivity index (χ2v) is 10.8. The van der Waals surface area contributed by atoms with E-state index in [-0.39, 0.29) is 22.5 Å². The van der Waals surface area contributed by atoms with Crippen LogP contribution in [-0.2, 0) is 32.3 Å². The number of aromatic nitrogens is 5. The molecule has 0 saturated heterocycles. The molecule has 14 heteroatoms. The van der Waals surface area contributed by atoms with Crippen LogP contribution in [0.5, 0.6) is 0 Å². The van der Waals surface area contributed by atoms with E-state index in [1.165, 1.54) is 30.3 Å². The first kappa shape index (κ1) is 30.1. The summed E-state index contributed by atoms with van der Waals surface area (Å²) in [5, 5.41) is 13.3. The smallest absolute Gasteiger partial charge is 0.408 e. The minimum Gasteiger partial charge on any atom is -0.444 e. The highest BCUT2D eigenvalue weighted by atomic mass is 19.3. The summed E-state index contributed by atoms with van der Waals surface area (Å²) >= 11 is 0. The van der Waals surface area contributed by atoms with Crippen molar-refractivity contribution in [2.24, 2.45) is 0 Å². The van der Waals surface area contributed by atoms with Crippen LogP contribution in [0, 0.1) is 23.5 Å². The average Bonchev–Trinajstić information content (AvgIpc) is 3.43. The van der Waals surface area contributed by atoms with E-state index in [0.717, 1.165) is 35.1 Å². The fourth-order valence-electron chi connectivity index (χ4n) is 4.50. The lowest BCUT2D eigenvalue weighted by molar-refractivity contribution is -0.231. The molecule has 10 nitrogen and oxygen atoms in total. The first-order valence-electron chi connectivity index (χ1n) is 13.1. The van der Waals surface area contributed by atoms with Crippen molar-refractivity contribution in [2.75, 3.05) is 6.54 Å². The number of ether oxygens (including phenoxy) is 2. The molecule has 3 heterocycles. The zero-order chi connectivity index (χ0) is 31.7. The maximum Gasteiger partial charge on any atom is 0.408 e. The zero-order valence-electron chi connectivity index (χ0n) is 23.6. The molecule has 0 spiro atoms. The lowest BCUT2D eigenvalue weighted by Crippen LogP contribution is -2.53. The predicted molar refractivity (Wildman–Crippen MR) is 146 cm³/mol. The van der Waals surface area contributed by atoms with E-state index in [1.54, 1.807) is 20.8 Å². The molecule has 44 heavy (non-hydrogen) atoms. The number of pyridine rings is 1. The summed E-state index contributed by atoms with van der Waals surface area (Å²) in [7, 11) is 0. The largest absolute Gasteiger partial charge is 0.444 e. The second kappa shape index (κ2) is 11.4. The molecule has 4 aromatic rings. The van der Waals surface area contributed by atoms with Crippen molar-refractivity contribution >= 4 is 12.1 Å². The van der Waals surface area contributed by atoms with Crippen LogP contribution in [0.4, 0.5) is 22.4 Å². The molecule has 1 atom stereocenters. The van der Waals surface area contributed by atoms with Crippen molar-refractivity contribution in [1.82, 2.24) is 30.5 Å². The monoisotopic (exact) mass is 608 g/mol. The van der Waals surface area contributed by atoms with Gasteiger partial charge in [-0.2, -0.15) is 8.78 Å². The third kappa shape index (κ3) is 6.07. The van der Waals surface area contributed by atoms with Gasteiger partial charge in [0, 0.05) is 28.5 Å². The van der Waals surface area contributed by atoms with E-state index in [9.17, 15) is 18.4 Å². The summed E-state index contributed by atoms with van der Waals surface area (Å²) in [6, 6.07) is 10.7. The highest BCUT2D eigenvalue weighted by Gasteiger charge is 2.63. The maximum atomic E-state index is 16.8. The van der Waals surface area contributed by atoms with Crippen molar-refractivity contribution in [3.8, 4) is 23.2 Å². The third-order valence-electron chi connectivity index (χ3n) is 6.41. The van der Waals surface area contributed by atoms with E-state index >= 15 is 8.78 Å². The number of esters is 1. The lowest BCUT2D eigenvalue weighted by Gasteiger charge is -2.42. The lowest BCUT2D eigenvalue weighted by atomic mass is 9.79. The van der Waals surface area contributed by atoms with Gasteiger partial charge in [0.1, 0.15) is 29.5 Å².